The Morgan fingerprint density at radius 3 is 3.05 bits per heavy atom. The normalized spacial score (nSPS) is 15.2. The lowest BCUT2D eigenvalue weighted by Gasteiger charge is -2.18. The molecule has 1 heterocycles. The Balaban J connectivity index is 1.98. The molecule has 112 valence electrons. The molecule has 0 saturated heterocycles. The van der Waals surface area contributed by atoms with Crippen LogP contribution in [0.15, 0.2) is 22.7 Å². The molecule has 1 atom stereocenters. The van der Waals surface area contributed by atoms with Crippen molar-refractivity contribution in [2.45, 2.75) is 38.6 Å². The molecule has 0 bridgehead atoms. The summed E-state index contributed by atoms with van der Waals surface area (Å²) in [4.78, 5) is 6.21. The van der Waals surface area contributed by atoms with Crippen LogP contribution < -0.4 is 5.32 Å². The molecule has 0 radical (unpaired) electrons. The summed E-state index contributed by atoms with van der Waals surface area (Å²) in [5, 5.41) is 4.57. The summed E-state index contributed by atoms with van der Waals surface area (Å²) < 4.78 is 14.6. The van der Waals surface area contributed by atoms with Gasteiger partial charge < -0.3 is 5.32 Å². The first kappa shape index (κ1) is 15.1. The largest absolute Gasteiger partial charge is 0.304 e. The first-order valence-electron chi connectivity index (χ1n) is 7.36. The van der Waals surface area contributed by atoms with E-state index in [1.54, 1.807) is 23.5 Å². The van der Waals surface area contributed by atoms with Crippen molar-refractivity contribution >= 4 is 27.3 Å². The molecular weight excluding hydrogens is 351 g/mol. The number of rotatable bonds is 5. The summed E-state index contributed by atoms with van der Waals surface area (Å²) in [5.41, 5.74) is 2.17. The van der Waals surface area contributed by atoms with Crippen LogP contribution in [0.1, 0.15) is 46.9 Å². The summed E-state index contributed by atoms with van der Waals surface area (Å²) in [6, 6.07) is 4.81. The molecule has 0 saturated carbocycles. The van der Waals surface area contributed by atoms with E-state index in [9.17, 15) is 4.39 Å². The van der Waals surface area contributed by atoms with Crippen molar-refractivity contribution in [1.29, 1.82) is 0 Å². The molecule has 0 aliphatic heterocycles. The monoisotopic (exact) mass is 368 g/mol. The van der Waals surface area contributed by atoms with Crippen molar-refractivity contribution in [3.05, 3.63) is 49.6 Å². The predicted octanol–water partition coefficient (Wildman–Crippen LogP) is 4.62. The van der Waals surface area contributed by atoms with E-state index in [0.717, 1.165) is 40.9 Å². The van der Waals surface area contributed by atoms with E-state index in [1.165, 1.54) is 23.1 Å². The average molecular weight is 369 g/mol. The van der Waals surface area contributed by atoms with Crippen LogP contribution in [0.25, 0.3) is 0 Å². The van der Waals surface area contributed by atoms with Gasteiger partial charge in [-0.05, 0) is 56.0 Å². The fourth-order valence-corrected chi connectivity index (χ4v) is 4.41. The van der Waals surface area contributed by atoms with Gasteiger partial charge in [0.1, 0.15) is 10.8 Å². The summed E-state index contributed by atoms with van der Waals surface area (Å²) in [5.74, 6) is -0.208. The molecule has 0 amide bonds. The van der Waals surface area contributed by atoms with Crippen LogP contribution in [-0.4, -0.2) is 11.5 Å². The zero-order valence-corrected chi connectivity index (χ0v) is 14.4. The molecule has 2 aromatic rings. The predicted molar refractivity (Wildman–Crippen MR) is 88.4 cm³/mol. The van der Waals surface area contributed by atoms with Crippen LogP contribution in [0.4, 0.5) is 4.39 Å². The fourth-order valence-electron chi connectivity index (χ4n) is 2.69. The van der Waals surface area contributed by atoms with Gasteiger partial charge in [0, 0.05) is 9.35 Å². The molecule has 1 aliphatic carbocycles. The number of aryl methyl sites for hydroxylation is 2. The molecule has 1 aromatic carbocycles. The van der Waals surface area contributed by atoms with Gasteiger partial charge in [0.05, 0.1) is 11.7 Å². The molecule has 3 rings (SSSR count). The van der Waals surface area contributed by atoms with Crippen LogP contribution >= 0.6 is 27.3 Å². The number of benzene rings is 1. The van der Waals surface area contributed by atoms with Crippen molar-refractivity contribution in [3.63, 3.8) is 0 Å². The van der Waals surface area contributed by atoms with Gasteiger partial charge in [-0.3, -0.25) is 0 Å². The van der Waals surface area contributed by atoms with Crippen LogP contribution in [0, 0.1) is 5.82 Å². The SMILES string of the molecule is CCCNC(c1nc2c(s1)CCC2)c1cc(F)ccc1Br. The van der Waals surface area contributed by atoms with E-state index < -0.39 is 0 Å². The number of fused-ring (bicyclic) bond motifs is 1. The highest BCUT2D eigenvalue weighted by Crippen LogP contribution is 2.35. The minimum atomic E-state index is -0.208. The number of aromatic nitrogens is 1. The second-order valence-electron chi connectivity index (χ2n) is 5.33. The number of nitrogens with zero attached hydrogens (tertiary/aromatic N) is 1. The molecule has 21 heavy (non-hydrogen) atoms. The molecule has 2 nitrogen and oxygen atoms in total. The third-order valence-electron chi connectivity index (χ3n) is 3.73. The molecule has 1 N–H and O–H groups in total. The van der Waals surface area contributed by atoms with Crippen molar-refractivity contribution in [3.8, 4) is 0 Å². The third-order valence-corrected chi connectivity index (χ3v) is 5.67. The van der Waals surface area contributed by atoms with Crippen LogP contribution in [0.5, 0.6) is 0 Å². The number of nitrogens with one attached hydrogen (secondary N) is 1. The zero-order chi connectivity index (χ0) is 14.8. The highest BCUT2D eigenvalue weighted by atomic mass is 79.9. The minimum absolute atomic E-state index is 0.0365. The van der Waals surface area contributed by atoms with Gasteiger partial charge >= 0.3 is 0 Å². The Kier molecular flexibility index (Phi) is 4.72. The van der Waals surface area contributed by atoms with Crippen molar-refractivity contribution in [2.75, 3.05) is 6.54 Å². The molecule has 5 heteroatoms. The molecule has 1 aliphatic rings. The maximum atomic E-state index is 13.6. The Hall–Kier alpha value is -0.780. The molecule has 1 aromatic heterocycles. The quantitative estimate of drug-likeness (QED) is 0.832. The lowest BCUT2D eigenvalue weighted by molar-refractivity contribution is 0.580. The Bertz CT molecular complexity index is 620. The lowest BCUT2D eigenvalue weighted by atomic mass is 10.1. The van der Waals surface area contributed by atoms with Crippen LogP contribution in [0.3, 0.4) is 0 Å². The van der Waals surface area contributed by atoms with Gasteiger partial charge in [-0.15, -0.1) is 11.3 Å². The Morgan fingerprint density at radius 2 is 2.29 bits per heavy atom. The second-order valence-corrected chi connectivity index (χ2v) is 7.30. The third kappa shape index (κ3) is 3.20. The highest BCUT2D eigenvalue weighted by Gasteiger charge is 2.24. The summed E-state index contributed by atoms with van der Waals surface area (Å²) in [6.07, 6.45) is 4.47. The highest BCUT2D eigenvalue weighted by molar-refractivity contribution is 9.10. The molecule has 1 unspecified atom stereocenters. The first-order chi connectivity index (χ1) is 10.2. The number of hydrogen-bond donors (Lipinski definition) is 1. The van der Waals surface area contributed by atoms with Gasteiger partial charge in [-0.1, -0.05) is 22.9 Å². The van der Waals surface area contributed by atoms with E-state index in [0.29, 0.717) is 0 Å². The number of hydrogen-bond acceptors (Lipinski definition) is 3. The summed E-state index contributed by atoms with van der Waals surface area (Å²) in [6.45, 7) is 3.02. The van der Waals surface area contributed by atoms with E-state index >= 15 is 0 Å². The van der Waals surface area contributed by atoms with E-state index in [1.807, 2.05) is 0 Å². The molecular formula is C16H18BrFN2S. The van der Waals surface area contributed by atoms with Crippen molar-refractivity contribution in [2.24, 2.45) is 0 Å². The van der Waals surface area contributed by atoms with Gasteiger partial charge in [0.2, 0.25) is 0 Å². The van der Waals surface area contributed by atoms with E-state index in [-0.39, 0.29) is 11.9 Å². The summed E-state index contributed by atoms with van der Waals surface area (Å²) in [7, 11) is 0. The van der Waals surface area contributed by atoms with Gasteiger partial charge in [0.15, 0.2) is 0 Å². The Labute approximate surface area is 136 Å². The fraction of sp³-hybridized carbons (Fsp3) is 0.438. The maximum Gasteiger partial charge on any atom is 0.123 e. The van der Waals surface area contributed by atoms with Crippen LogP contribution in [0.2, 0.25) is 0 Å². The lowest BCUT2D eigenvalue weighted by Crippen LogP contribution is -2.23. The molecule has 0 spiro atoms. The standard InChI is InChI=1S/C16H18BrFN2S/c1-2-8-19-15(11-9-10(18)6-7-12(11)17)16-20-13-4-3-5-14(13)21-16/h6-7,9,15,19H,2-5,8H2,1H3. The first-order valence-corrected chi connectivity index (χ1v) is 8.96. The minimum Gasteiger partial charge on any atom is -0.304 e. The van der Waals surface area contributed by atoms with Gasteiger partial charge in [0.25, 0.3) is 0 Å². The smallest absolute Gasteiger partial charge is 0.123 e. The average Bonchev–Trinajstić information content (AvgIpc) is 3.04. The molecule has 0 fully saturated rings. The Morgan fingerprint density at radius 1 is 1.43 bits per heavy atom. The summed E-state index contributed by atoms with van der Waals surface area (Å²) >= 11 is 5.32. The topological polar surface area (TPSA) is 24.9 Å². The zero-order valence-electron chi connectivity index (χ0n) is 12.0. The second kappa shape index (κ2) is 6.55. The van der Waals surface area contributed by atoms with Crippen molar-refractivity contribution < 1.29 is 4.39 Å². The van der Waals surface area contributed by atoms with Gasteiger partial charge in [-0.25, -0.2) is 9.37 Å². The van der Waals surface area contributed by atoms with Gasteiger partial charge in [-0.2, -0.15) is 0 Å². The van der Waals surface area contributed by atoms with Crippen LogP contribution in [-0.2, 0) is 12.8 Å². The maximum absolute atomic E-state index is 13.6. The van der Waals surface area contributed by atoms with E-state index in [4.69, 9.17) is 4.98 Å². The van der Waals surface area contributed by atoms with Crippen molar-refractivity contribution in [1.82, 2.24) is 10.3 Å². The van der Waals surface area contributed by atoms with E-state index in [2.05, 4.69) is 28.2 Å². The number of halogens is 2. The number of thiazole rings is 1.